The largest absolute Gasteiger partial charge is 0.488 e. The van der Waals surface area contributed by atoms with Gasteiger partial charge >= 0.3 is 0 Å². The molecule has 0 saturated heterocycles. The van der Waals surface area contributed by atoms with Gasteiger partial charge in [-0.05, 0) is 31.2 Å². The quantitative estimate of drug-likeness (QED) is 0.882. The Bertz CT molecular complexity index is 666. The molecule has 0 saturated carbocycles. The number of ether oxygens (including phenoxy) is 1. The fraction of sp³-hybridized carbons (Fsp3) is 0.357. The normalized spacial score (nSPS) is 16.8. The minimum atomic E-state index is -0.0738. The van der Waals surface area contributed by atoms with Crippen molar-refractivity contribution in [2.24, 2.45) is 0 Å². The fourth-order valence-corrected chi connectivity index (χ4v) is 2.63. The van der Waals surface area contributed by atoms with Gasteiger partial charge in [0.05, 0.1) is 5.52 Å². The summed E-state index contributed by atoms with van der Waals surface area (Å²) in [6, 6.07) is 5.52. The lowest BCUT2D eigenvalue weighted by atomic mass is 10.0. The van der Waals surface area contributed by atoms with E-state index in [0.717, 1.165) is 35.2 Å². The maximum absolute atomic E-state index is 11.4. The molecular formula is C14H17ClN2O2. The van der Waals surface area contributed by atoms with E-state index in [4.69, 9.17) is 4.74 Å². The smallest absolute Gasteiger partial charge is 0.248 e. The van der Waals surface area contributed by atoms with Gasteiger partial charge in [0.1, 0.15) is 11.9 Å². The van der Waals surface area contributed by atoms with Crippen molar-refractivity contribution in [3.05, 3.63) is 39.7 Å². The Hall–Kier alpha value is -1.52. The molecule has 4 nitrogen and oxygen atoms in total. The van der Waals surface area contributed by atoms with E-state index >= 15 is 0 Å². The summed E-state index contributed by atoms with van der Waals surface area (Å²) < 4.78 is 5.97. The van der Waals surface area contributed by atoms with Crippen LogP contribution >= 0.6 is 12.4 Å². The van der Waals surface area contributed by atoms with Crippen molar-refractivity contribution in [1.29, 1.82) is 0 Å². The highest BCUT2D eigenvalue weighted by atomic mass is 35.5. The third-order valence-electron chi connectivity index (χ3n) is 3.40. The highest BCUT2D eigenvalue weighted by molar-refractivity contribution is 5.89. The molecule has 1 atom stereocenters. The summed E-state index contributed by atoms with van der Waals surface area (Å²) in [6.07, 6.45) is 1.11. The van der Waals surface area contributed by atoms with Gasteiger partial charge in [-0.25, -0.2) is 0 Å². The van der Waals surface area contributed by atoms with Crippen molar-refractivity contribution in [2.45, 2.75) is 19.4 Å². The number of hydrogen-bond donors (Lipinski definition) is 2. The first-order chi connectivity index (χ1) is 8.69. The molecule has 1 aromatic carbocycles. The van der Waals surface area contributed by atoms with Gasteiger partial charge in [0, 0.05) is 24.4 Å². The van der Waals surface area contributed by atoms with Crippen LogP contribution in [0.3, 0.4) is 0 Å². The zero-order valence-corrected chi connectivity index (χ0v) is 11.8. The van der Waals surface area contributed by atoms with Crippen LogP contribution in [0.5, 0.6) is 5.75 Å². The van der Waals surface area contributed by atoms with E-state index in [2.05, 4.69) is 16.4 Å². The predicted octanol–water partition coefficient (Wildman–Crippen LogP) is 1.78. The van der Waals surface area contributed by atoms with Crippen LogP contribution in [0.2, 0.25) is 0 Å². The minimum absolute atomic E-state index is 0. The number of aryl methyl sites for hydroxylation is 1. The van der Waals surface area contributed by atoms with Crippen molar-refractivity contribution >= 4 is 23.3 Å². The first kappa shape index (κ1) is 13.9. The van der Waals surface area contributed by atoms with Gasteiger partial charge in [0.25, 0.3) is 0 Å². The molecule has 2 aromatic rings. The zero-order chi connectivity index (χ0) is 12.7. The van der Waals surface area contributed by atoms with Gasteiger partial charge in [0.15, 0.2) is 0 Å². The van der Waals surface area contributed by atoms with Crippen LogP contribution in [0.4, 0.5) is 0 Å². The number of nitrogens with one attached hydrogen (secondary N) is 2. The number of halogens is 1. The third kappa shape index (κ3) is 2.33. The van der Waals surface area contributed by atoms with Crippen molar-refractivity contribution in [1.82, 2.24) is 10.3 Å². The van der Waals surface area contributed by atoms with E-state index in [1.807, 2.05) is 20.0 Å². The molecule has 0 fully saturated rings. The summed E-state index contributed by atoms with van der Waals surface area (Å²) in [5.41, 5.74) is 3.13. The molecule has 2 heterocycles. The number of benzene rings is 1. The number of fused-ring (bicyclic) bond motifs is 3. The molecule has 0 radical (unpaired) electrons. The van der Waals surface area contributed by atoms with E-state index in [0.29, 0.717) is 0 Å². The number of H-pyrrole nitrogens is 1. The zero-order valence-electron chi connectivity index (χ0n) is 10.9. The molecule has 1 aromatic heterocycles. The lowest BCUT2D eigenvalue weighted by Crippen LogP contribution is -2.27. The Morgan fingerprint density at radius 2 is 2.26 bits per heavy atom. The SMILES string of the molecule is CNCC1Cc2cc(C)c3[nH]c(=O)ccc3c2O1.Cl. The maximum Gasteiger partial charge on any atom is 0.248 e. The predicted molar refractivity (Wildman–Crippen MR) is 78.6 cm³/mol. The Balaban J connectivity index is 0.00000133. The summed E-state index contributed by atoms with van der Waals surface area (Å²) in [5.74, 6) is 0.923. The average Bonchev–Trinajstić information content (AvgIpc) is 2.72. The number of pyridine rings is 1. The molecule has 3 rings (SSSR count). The summed E-state index contributed by atoms with van der Waals surface area (Å²) in [4.78, 5) is 14.3. The molecule has 0 aliphatic carbocycles. The fourth-order valence-electron chi connectivity index (χ4n) is 2.63. The van der Waals surface area contributed by atoms with Crippen LogP contribution < -0.4 is 15.6 Å². The van der Waals surface area contributed by atoms with Gasteiger partial charge in [-0.2, -0.15) is 0 Å². The summed E-state index contributed by atoms with van der Waals surface area (Å²) in [5, 5.41) is 4.14. The second-order valence-electron chi connectivity index (χ2n) is 4.79. The third-order valence-corrected chi connectivity index (χ3v) is 3.40. The number of aromatic amines is 1. The molecule has 0 bridgehead atoms. The molecule has 102 valence electrons. The number of hydrogen-bond acceptors (Lipinski definition) is 3. The molecule has 0 amide bonds. The second kappa shape index (κ2) is 5.23. The topological polar surface area (TPSA) is 54.1 Å². The number of likely N-dealkylation sites (N-methyl/N-ethyl adjacent to an activating group) is 1. The molecule has 19 heavy (non-hydrogen) atoms. The number of aromatic nitrogens is 1. The van der Waals surface area contributed by atoms with Gasteiger partial charge < -0.3 is 15.0 Å². The Morgan fingerprint density at radius 1 is 1.47 bits per heavy atom. The van der Waals surface area contributed by atoms with Crippen LogP contribution in [0.1, 0.15) is 11.1 Å². The molecule has 1 aliphatic rings. The van der Waals surface area contributed by atoms with E-state index in [-0.39, 0.29) is 24.1 Å². The van der Waals surface area contributed by atoms with Crippen molar-refractivity contribution < 1.29 is 4.74 Å². The maximum atomic E-state index is 11.4. The monoisotopic (exact) mass is 280 g/mol. The van der Waals surface area contributed by atoms with Gasteiger partial charge in [-0.15, -0.1) is 12.4 Å². The molecular weight excluding hydrogens is 264 g/mol. The van der Waals surface area contributed by atoms with Crippen LogP contribution in [0.25, 0.3) is 10.9 Å². The first-order valence-electron chi connectivity index (χ1n) is 6.16. The highest BCUT2D eigenvalue weighted by Gasteiger charge is 2.25. The lowest BCUT2D eigenvalue weighted by molar-refractivity contribution is 0.233. The number of rotatable bonds is 2. The standard InChI is InChI=1S/C14H16N2O2.ClH/c1-8-5-9-6-10(7-15-2)18-14(9)11-3-4-12(17)16-13(8)11;/h3-5,10,15H,6-7H2,1-2H3,(H,16,17);1H. The molecule has 1 unspecified atom stereocenters. The molecule has 2 N–H and O–H groups in total. The van der Waals surface area contributed by atoms with E-state index in [1.54, 1.807) is 6.07 Å². The van der Waals surface area contributed by atoms with Crippen LogP contribution in [0.15, 0.2) is 23.0 Å². The van der Waals surface area contributed by atoms with E-state index in [1.165, 1.54) is 5.56 Å². The molecule has 0 spiro atoms. The molecule has 5 heteroatoms. The summed E-state index contributed by atoms with van der Waals surface area (Å²) >= 11 is 0. The minimum Gasteiger partial charge on any atom is -0.488 e. The summed E-state index contributed by atoms with van der Waals surface area (Å²) in [6.45, 7) is 2.85. The van der Waals surface area contributed by atoms with Crippen LogP contribution in [-0.4, -0.2) is 24.7 Å². The average molecular weight is 281 g/mol. The van der Waals surface area contributed by atoms with Crippen molar-refractivity contribution in [3.8, 4) is 5.75 Å². The van der Waals surface area contributed by atoms with Gasteiger partial charge in [-0.1, -0.05) is 6.07 Å². The summed E-state index contributed by atoms with van der Waals surface area (Å²) in [7, 11) is 1.92. The lowest BCUT2D eigenvalue weighted by Gasteiger charge is -2.10. The van der Waals surface area contributed by atoms with E-state index in [9.17, 15) is 4.79 Å². The Labute approximate surface area is 117 Å². The van der Waals surface area contributed by atoms with Gasteiger partial charge in [-0.3, -0.25) is 4.79 Å². The Morgan fingerprint density at radius 3 is 3.00 bits per heavy atom. The van der Waals surface area contributed by atoms with Crippen molar-refractivity contribution in [3.63, 3.8) is 0 Å². The van der Waals surface area contributed by atoms with E-state index < -0.39 is 0 Å². The Kier molecular flexibility index (Phi) is 3.83. The first-order valence-corrected chi connectivity index (χ1v) is 6.16. The van der Waals surface area contributed by atoms with Crippen LogP contribution in [-0.2, 0) is 6.42 Å². The second-order valence-corrected chi connectivity index (χ2v) is 4.79. The van der Waals surface area contributed by atoms with Gasteiger partial charge in [0.2, 0.25) is 5.56 Å². The molecule has 1 aliphatic heterocycles. The van der Waals surface area contributed by atoms with Crippen LogP contribution in [0, 0.1) is 6.92 Å². The van der Waals surface area contributed by atoms with Crippen molar-refractivity contribution in [2.75, 3.05) is 13.6 Å². The highest BCUT2D eigenvalue weighted by Crippen LogP contribution is 2.36.